The van der Waals surface area contributed by atoms with E-state index < -0.39 is 0 Å². The first-order valence-corrected chi connectivity index (χ1v) is 8.26. The van der Waals surface area contributed by atoms with Gasteiger partial charge in [0.05, 0.1) is 24.4 Å². The van der Waals surface area contributed by atoms with Crippen molar-refractivity contribution in [3.8, 4) is 11.5 Å². The molecular weight excluding hydrogens is 376 g/mol. The molecule has 0 unspecified atom stereocenters. The first kappa shape index (κ1) is 18.0. The molecule has 7 nitrogen and oxygen atoms in total. The molecule has 1 aromatic carbocycles. The van der Waals surface area contributed by atoms with Gasteiger partial charge in [-0.1, -0.05) is 6.92 Å². The van der Waals surface area contributed by atoms with E-state index in [2.05, 4.69) is 36.4 Å². The highest BCUT2D eigenvalue weighted by atomic mass is 79.9. The Morgan fingerprint density at radius 1 is 1.38 bits per heavy atom. The van der Waals surface area contributed by atoms with Crippen LogP contribution in [0.3, 0.4) is 0 Å². The zero-order chi connectivity index (χ0) is 17.5. The van der Waals surface area contributed by atoms with Gasteiger partial charge in [-0.15, -0.1) is 0 Å². The highest BCUT2D eigenvalue weighted by molar-refractivity contribution is 9.10. The van der Waals surface area contributed by atoms with Crippen molar-refractivity contribution in [3.05, 3.63) is 44.3 Å². The standard InChI is InChI=1S/C16H19BrN4O3/c1-4-11-8-14(22)20-16(19-11)21-18-9-10-6-12(17)15(24-5-2)13(7-10)23-3/h6-9H,4-5H2,1-3H3,(H2,19,20,21,22)/b18-9-. The summed E-state index contributed by atoms with van der Waals surface area (Å²) < 4.78 is 11.6. The van der Waals surface area contributed by atoms with E-state index in [1.54, 1.807) is 19.4 Å². The summed E-state index contributed by atoms with van der Waals surface area (Å²) in [7, 11) is 1.58. The molecule has 0 aliphatic heterocycles. The van der Waals surface area contributed by atoms with Gasteiger partial charge in [0.25, 0.3) is 5.56 Å². The van der Waals surface area contributed by atoms with Crippen molar-refractivity contribution in [1.29, 1.82) is 0 Å². The number of hydrogen-bond donors (Lipinski definition) is 2. The van der Waals surface area contributed by atoms with E-state index in [4.69, 9.17) is 9.47 Å². The average molecular weight is 395 g/mol. The van der Waals surface area contributed by atoms with Crippen LogP contribution < -0.4 is 20.5 Å². The Morgan fingerprint density at radius 2 is 2.17 bits per heavy atom. The number of nitrogens with one attached hydrogen (secondary N) is 2. The van der Waals surface area contributed by atoms with Crippen molar-refractivity contribution in [2.75, 3.05) is 19.1 Å². The van der Waals surface area contributed by atoms with Gasteiger partial charge in [0.1, 0.15) is 0 Å². The van der Waals surface area contributed by atoms with Crippen molar-refractivity contribution in [2.45, 2.75) is 20.3 Å². The molecule has 0 spiro atoms. The van der Waals surface area contributed by atoms with Crippen LogP contribution in [0.5, 0.6) is 11.5 Å². The molecule has 1 heterocycles. The number of aromatic nitrogens is 2. The smallest absolute Gasteiger partial charge is 0.252 e. The van der Waals surface area contributed by atoms with Crippen LogP contribution in [0.25, 0.3) is 0 Å². The largest absolute Gasteiger partial charge is 0.493 e. The molecule has 0 atom stereocenters. The summed E-state index contributed by atoms with van der Waals surface area (Å²) in [6.45, 7) is 4.37. The number of benzene rings is 1. The third-order valence-corrected chi connectivity index (χ3v) is 3.67. The maximum atomic E-state index is 11.5. The van der Waals surface area contributed by atoms with E-state index in [1.165, 1.54) is 6.07 Å². The molecule has 2 rings (SSSR count). The predicted octanol–water partition coefficient (Wildman–Crippen LogP) is 2.95. The van der Waals surface area contributed by atoms with Crippen molar-refractivity contribution in [3.63, 3.8) is 0 Å². The molecule has 0 saturated carbocycles. The van der Waals surface area contributed by atoms with Crippen molar-refractivity contribution < 1.29 is 9.47 Å². The first-order chi connectivity index (χ1) is 11.6. The van der Waals surface area contributed by atoms with Gasteiger partial charge in [-0.3, -0.25) is 9.78 Å². The number of ether oxygens (including phenoxy) is 2. The predicted molar refractivity (Wildman–Crippen MR) is 97.3 cm³/mol. The third-order valence-electron chi connectivity index (χ3n) is 3.08. The number of aryl methyl sites for hydroxylation is 1. The quantitative estimate of drug-likeness (QED) is 0.556. The Kier molecular flexibility index (Phi) is 6.36. The Morgan fingerprint density at radius 3 is 2.83 bits per heavy atom. The Labute approximate surface area is 148 Å². The first-order valence-electron chi connectivity index (χ1n) is 7.47. The summed E-state index contributed by atoms with van der Waals surface area (Å²) in [4.78, 5) is 18.3. The van der Waals surface area contributed by atoms with Crippen molar-refractivity contribution in [2.24, 2.45) is 5.10 Å². The lowest BCUT2D eigenvalue weighted by Crippen LogP contribution is -2.11. The minimum atomic E-state index is -0.218. The van der Waals surface area contributed by atoms with E-state index >= 15 is 0 Å². The third kappa shape index (κ3) is 4.58. The zero-order valence-electron chi connectivity index (χ0n) is 13.7. The summed E-state index contributed by atoms with van der Waals surface area (Å²) in [6, 6.07) is 5.13. The summed E-state index contributed by atoms with van der Waals surface area (Å²) in [5.74, 6) is 1.55. The Hall–Kier alpha value is -2.35. The number of hydrazone groups is 1. The van der Waals surface area contributed by atoms with Gasteiger partial charge in [0.2, 0.25) is 5.95 Å². The van der Waals surface area contributed by atoms with Gasteiger partial charge in [0, 0.05) is 11.8 Å². The van der Waals surface area contributed by atoms with Crippen LogP contribution in [0.1, 0.15) is 25.1 Å². The summed E-state index contributed by atoms with van der Waals surface area (Å²) >= 11 is 3.46. The number of nitrogens with zero attached hydrogens (tertiary/aromatic N) is 2. The van der Waals surface area contributed by atoms with Gasteiger partial charge in [0.15, 0.2) is 11.5 Å². The SMILES string of the molecule is CCOc1c(Br)cc(/C=N\Nc2nc(CC)cc(=O)[nH]2)cc1OC. The molecule has 2 N–H and O–H groups in total. The zero-order valence-corrected chi connectivity index (χ0v) is 15.3. The van der Waals surface area contributed by atoms with E-state index in [9.17, 15) is 4.79 Å². The molecule has 0 bridgehead atoms. The van der Waals surface area contributed by atoms with E-state index in [0.717, 1.165) is 10.0 Å². The van der Waals surface area contributed by atoms with Gasteiger partial charge < -0.3 is 9.47 Å². The van der Waals surface area contributed by atoms with Crippen LogP contribution >= 0.6 is 15.9 Å². The van der Waals surface area contributed by atoms with Crippen LogP contribution in [0.15, 0.2) is 32.6 Å². The van der Waals surface area contributed by atoms with Gasteiger partial charge in [-0.05, 0) is 47.0 Å². The van der Waals surface area contributed by atoms with Gasteiger partial charge in [-0.25, -0.2) is 10.4 Å². The molecule has 0 radical (unpaired) electrons. The Bertz CT molecular complexity index is 789. The number of H-pyrrole nitrogens is 1. The minimum Gasteiger partial charge on any atom is -0.493 e. The maximum absolute atomic E-state index is 11.5. The number of rotatable bonds is 7. The normalized spacial score (nSPS) is 10.8. The van der Waals surface area contributed by atoms with Gasteiger partial charge >= 0.3 is 0 Å². The molecule has 0 saturated heterocycles. The van der Waals surface area contributed by atoms with Crippen molar-refractivity contribution in [1.82, 2.24) is 9.97 Å². The molecule has 0 aliphatic rings. The molecule has 0 aliphatic carbocycles. The lowest BCUT2D eigenvalue weighted by Gasteiger charge is -2.11. The summed E-state index contributed by atoms with van der Waals surface area (Å²) in [5, 5.41) is 4.10. The van der Waals surface area contributed by atoms with Crippen LogP contribution in [-0.4, -0.2) is 29.9 Å². The lowest BCUT2D eigenvalue weighted by molar-refractivity contribution is 0.309. The molecule has 0 amide bonds. The highest BCUT2D eigenvalue weighted by Gasteiger charge is 2.10. The van der Waals surface area contributed by atoms with E-state index in [0.29, 0.717) is 36.2 Å². The number of anilines is 1. The number of aromatic amines is 1. The lowest BCUT2D eigenvalue weighted by atomic mass is 10.2. The number of halogens is 1. The maximum Gasteiger partial charge on any atom is 0.252 e. The molecule has 1 aromatic heterocycles. The fourth-order valence-electron chi connectivity index (χ4n) is 2.01. The highest BCUT2D eigenvalue weighted by Crippen LogP contribution is 2.36. The summed E-state index contributed by atoms with van der Waals surface area (Å²) in [6.07, 6.45) is 2.27. The van der Waals surface area contributed by atoms with Crippen LogP contribution in [0, 0.1) is 0 Å². The number of methoxy groups -OCH3 is 1. The minimum absolute atomic E-state index is 0.218. The fraction of sp³-hybridized carbons (Fsp3) is 0.312. The second-order valence-electron chi connectivity index (χ2n) is 4.78. The molecule has 128 valence electrons. The second-order valence-corrected chi connectivity index (χ2v) is 5.63. The average Bonchev–Trinajstić information content (AvgIpc) is 2.56. The summed E-state index contributed by atoms with van der Waals surface area (Å²) in [5.41, 5.74) is 3.99. The topological polar surface area (TPSA) is 88.6 Å². The van der Waals surface area contributed by atoms with E-state index in [-0.39, 0.29) is 5.56 Å². The van der Waals surface area contributed by atoms with Gasteiger partial charge in [-0.2, -0.15) is 5.10 Å². The molecule has 2 aromatic rings. The Balaban J connectivity index is 2.19. The van der Waals surface area contributed by atoms with E-state index in [1.807, 2.05) is 19.9 Å². The van der Waals surface area contributed by atoms with Crippen molar-refractivity contribution >= 4 is 28.1 Å². The van der Waals surface area contributed by atoms with Crippen LogP contribution in [0.4, 0.5) is 5.95 Å². The fourth-order valence-corrected chi connectivity index (χ4v) is 2.58. The monoisotopic (exact) mass is 394 g/mol. The molecule has 8 heteroatoms. The van der Waals surface area contributed by atoms with Crippen LogP contribution in [0.2, 0.25) is 0 Å². The molecule has 0 fully saturated rings. The molecular formula is C16H19BrN4O3. The van der Waals surface area contributed by atoms with Crippen LogP contribution in [-0.2, 0) is 6.42 Å². The second kappa shape index (κ2) is 8.49. The number of hydrogen-bond acceptors (Lipinski definition) is 6. The molecule has 24 heavy (non-hydrogen) atoms.